The molecule has 0 spiro atoms. The molecule has 0 aromatic carbocycles. The molecule has 0 amide bonds. The third-order valence-corrected chi connectivity index (χ3v) is 2.83. The first-order chi connectivity index (χ1) is 4.99. The van der Waals surface area contributed by atoms with Crippen LogP contribution in [-0.4, -0.2) is 8.32 Å². The first kappa shape index (κ1) is 8.85. The summed E-state index contributed by atoms with van der Waals surface area (Å²) >= 11 is 0. The molecule has 1 fully saturated rings. The second kappa shape index (κ2) is 3.01. The van der Waals surface area contributed by atoms with Gasteiger partial charge in [-0.3, -0.25) is 0 Å². The molecule has 1 aliphatic rings. The first-order valence-electron chi connectivity index (χ1n) is 4.37. The van der Waals surface area contributed by atoms with E-state index in [1.165, 1.54) is 25.0 Å². The van der Waals surface area contributed by atoms with Gasteiger partial charge in [0.2, 0.25) is 8.32 Å². The zero-order chi connectivity index (χ0) is 8.48. The third kappa shape index (κ3) is 2.70. The fourth-order valence-corrected chi connectivity index (χ4v) is 2.30. The molecule has 0 atom stereocenters. The van der Waals surface area contributed by atoms with Gasteiger partial charge < -0.3 is 4.43 Å². The lowest BCUT2D eigenvalue weighted by Gasteiger charge is -2.26. The van der Waals surface area contributed by atoms with Gasteiger partial charge in [0.25, 0.3) is 0 Å². The Kier molecular flexibility index (Phi) is 2.42. The van der Waals surface area contributed by atoms with E-state index in [0.717, 1.165) is 0 Å². The fraction of sp³-hybridized carbons (Fsp3) is 0.778. The number of hydrogen-bond donors (Lipinski definition) is 0. The molecule has 0 heterocycles. The highest BCUT2D eigenvalue weighted by molar-refractivity contribution is 6.70. The average Bonchev–Trinajstić information content (AvgIpc) is 1.50. The molecule has 0 aliphatic heterocycles. The summed E-state index contributed by atoms with van der Waals surface area (Å²) in [5, 5.41) is 0. The standard InChI is InChI=1S/C9H18OSi/c1-8(9-6-5-7-9)10-11(2,3)4/h5-7H2,1-4H3. The zero-order valence-corrected chi connectivity index (χ0v) is 9.03. The molecule has 1 aliphatic carbocycles. The van der Waals surface area contributed by atoms with Crippen LogP contribution >= 0.6 is 0 Å². The molecule has 11 heavy (non-hydrogen) atoms. The molecular formula is C9H18OSi. The van der Waals surface area contributed by atoms with Crippen LogP contribution < -0.4 is 0 Å². The summed E-state index contributed by atoms with van der Waals surface area (Å²) in [6, 6.07) is 0. The van der Waals surface area contributed by atoms with E-state index in [-0.39, 0.29) is 0 Å². The monoisotopic (exact) mass is 170 g/mol. The molecule has 0 unspecified atom stereocenters. The van der Waals surface area contributed by atoms with E-state index < -0.39 is 8.32 Å². The van der Waals surface area contributed by atoms with Crippen molar-refractivity contribution >= 4 is 8.32 Å². The molecule has 0 bridgehead atoms. The van der Waals surface area contributed by atoms with Gasteiger partial charge in [-0.1, -0.05) is 0 Å². The van der Waals surface area contributed by atoms with Gasteiger partial charge in [0.15, 0.2) is 0 Å². The molecule has 0 radical (unpaired) electrons. The van der Waals surface area contributed by atoms with E-state index in [1.54, 1.807) is 5.57 Å². The zero-order valence-electron chi connectivity index (χ0n) is 8.03. The quantitative estimate of drug-likeness (QED) is 0.456. The van der Waals surface area contributed by atoms with Crippen LogP contribution in [0.4, 0.5) is 0 Å². The average molecular weight is 170 g/mol. The Hall–Kier alpha value is -0.243. The Morgan fingerprint density at radius 2 is 1.82 bits per heavy atom. The van der Waals surface area contributed by atoms with E-state index in [4.69, 9.17) is 4.43 Å². The van der Waals surface area contributed by atoms with E-state index in [1.807, 2.05) is 0 Å². The highest BCUT2D eigenvalue weighted by Gasteiger charge is 2.19. The van der Waals surface area contributed by atoms with E-state index in [0.29, 0.717) is 0 Å². The maximum atomic E-state index is 5.86. The largest absolute Gasteiger partial charge is 0.548 e. The predicted molar refractivity (Wildman–Crippen MR) is 51.0 cm³/mol. The third-order valence-electron chi connectivity index (χ3n) is 1.91. The number of hydrogen-bond acceptors (Lipinski definition) is 1. The lowest BCUT2D eigenvalue weighted by molar-refractivity contribution is 0.400. The van der Waals surface area contributed by atoms with Crippen molar-refractivity contribution in [2.24, 2.45) is 0 Å². The van der Waals surface area contributed by atoms with Gasteiger partial charge in [-0.2, -0.15) is 0 Å². The Morgan fingerprint density at radius 3 is 2.09 bits per heavy atom. The summed E-state index contributed by atoms with van der Waals surface area (Å²) in [4.78, 5) is 0. The molecule has 1 rings (SSSR count). The van der Waals surface area contributed by atoms with Crippen molar-refractivity contribution in [3.63, 3.8) is 0 Å². The van der Waals surface area contributed by atoms with Crippen molar-refractivity contribution in [3.8, 4) is 0 Å². The minimum Gasteiger partial charge on any atom is -0.548 e. The molecule has 64 valence electrons. The molecule has 0 aromatic rings. The topological polar surface area (TPSA) is 9.23 Å². The Balaban J connectivity index is 2.48. The Morgan fingerprint density at radius 1 is 1.27 bits per heavy atom. The van der Waals surface area contributed by atoms with Crippen molar-refractivity contribution in [1.29, 1.82) is 0 Å². The summed E-state index contributed by atoms with van der Waals surface area (Å²) in [6.07, 6.45) is 3.91. The van der Waals surface area contributed by atoms with Crippen LogP contribution in [0.2, 0.25) is 19.6 Å². The lowest BCUT2D eigenvalue weighted by Crippen LogP contribution is -2.25. The second-order valence-electron chi connectivity index (χ2n) is 4.23. The van der Waals surface area contributed by atoms with Crippen molar-refractivity contribution in [3.05, 3.63) is 11.3 Å². The SMILES string of the molecule is CC(O[Si](C)(C)C)=C1CCC1. The second-order valence-corrected chi connectivity index (χ2v) is 8.66. The molecule has 0 saturated heterocycles. The maximum absolute atomic E-state index is 5.86. The van der Waals surface area contributed by atoms with Crippen molar-refractivity contribution in [2.45, 2.75) is 45.8 Å². The van der Waals surface area contributed by atoms with Crippen LogP contribution in [0.1, 0.15) is 26.2 Å². The van der Waals surface area contributed by atoms with Gasteiger partial charge in [0.1, 0.15) is 0 Å². The van der Waals surface area contributed by atoms with Gasteiger partial charge in [-0.25, -0.2) is 0 Å². The smallest absolute Gasteiger partial charge is 0.241 e. The fourth-order valence-electron chi connectivity index (χ4n) is 1.24. The van der Waals surface area contributed by atoms with Gasteiger partial charge >= 0.3 is 0 Å². The summed E-state index contributed by atoms with van der Waals surface area (Å²) in [5.74, 6) is 1.22. The van der Waals surface area contributed by atoms with Crippen molar-refractivity contribution < 1.29 is 4.43 Å². The summed E-state index contributed by atoms with van der Waals surface area (Å²) in [7, 11) is -1.32. The highest BCUT2D eigenvalue weighted by atomic mass is 28.4. The summed E-state index contributed by atoms with van der Waals surface area (Å²) < 4.78 is 5.86. The van der Waals surface area contributed by atoms with Crippen molar-refractivity contribution in [1.82, 2.24) is 0 Å². The minimum atomic E-state index is -1.32. The number of rotatable bonds is 2. The molecule has 1 saturated carbocycles. The van der Waals surface area contributed by atoms with Crippen LogP contribution in [0, 0.1) is 0 Å². The highest BCUT2D eigenvalue weighted by Crippen LogP contribution is 2.30. The predicted octanol–water partition coefficient (Wildman–Crippen LogP) is 3.30. The Bertz CT molecular complexity index is 170. The first-order valence-corrected chi connectivity index (χ1v) is 7.77. The van der Waals surface area contributed by atoms with Gasteiger partial charge in [0.05, 0.1) is 5.76 Å². The Labute approximate surface area is 70.6 Å². The van der Waals surface area contributed by atoms with E-state index in [9.17, 15) is 0 Å². The van der Waals surface area contributed by atoms with Crippen LogP contribution in [0.5, 0.6) is 0 Å². The van der Waals surface area contributed by atoms with Crippen LogP contribution in [-0.2, 0) is 4.43 Å². The normalized spacial score (nSPS) is 17.6. The van der Waals surface area contributed by atoms with Gasteiger partial charge in [0, 0.05) is 0 Å². The maximum Gasteiger partial charge on any atom is 0.241 e. The summed E-state index contributed by atoms with van der Waals surface area (Å²) in [5.41, 5.74) is 1.55. The van der Waals surface area contributed by atoms with Gasteiger partial charge in [-0.05, 0) is 51.4 Å². The van der Waals surface area contributed by atoms with E-state index >= 15 is 0 Å². The van der Waals surface area contributed by atoms with Crippen molar-refractivity contribution in [2.75, 3.05) is 0 Å². The molecule has 0 N–H and O–H groups in total. The lowest BCUT2D eigenvalue weighted by atomic mass is 9.92. The molecule has 1 nitrogen and oxygen atoms in total. The molecular weight excluding hydrogens is 152 g/mol. The van der Waals surface area contributed by atoms with Crippen LogP contribution in [0.3, 0.4) is 0 Å². The van der Waals surface area contributed by atoms with E-state index in [2.05, 4.69) is 26.6 Å². The minimum absolute atomic E-state index is 1.22. The number of allylic oxidation sites excluding steroid dienone is 2. The summed E-state index contributed by atoms with van der Waals surface area (Å²) in [6.45, 7) is 8.81. The van der Waals surface area contributed by atoms with Gasteiger partial charge in [-0.15, -0.1) is 0 Å². The van der Waals surface area contributed by atoms with Crippen LogP contribution in [0.25, 0.3) is 0 Å². The van der Waals surface area contributed by atoms with Crippen LogP contribution in [0.15, 0.2) is 11.3 Å². The molecule has 2 heteroatoms. The molecule has 0 aromatic heterocycles.